The van der Waals surface area contributed by atoms with Gasteiger partial charge >= 0.3 is 0 Å². The first-order valence-corrected chi connectivity index (χ1v) is 9.78. The molecule has 1 aromatic heterocycles. The number of sulfone groups is 1. The molecular formula is C15H21N3O2S2. The lowest BCUT2D eigenvalue weighted by atomic mass is 10.1. The van der Waals surface area contributed by atoms with Crippen LogP contribution in [0.5, 0.6) is 0 Å². The average molecular weight is 339 g/mol. The van der Waals surface area contributed by atoms with Crippen LogP contribution in [0.2, 0.25) is 0 Å². The largest absolute Gasteiger partial charge is 0.356 e. The normalized spacial score (nSPS) is 11.9. The minimum atomic E-state index is -3.17. The van der Waals surface area contributed by atoms with Gasteiger partial charge in [0.25, 0.3) is 0 Å². The zero-order valence-corrected chi connectivity index (χ0v) is 14.9. The predicted molar refractivity (Wildman–Crippen MR) is 90.1 cm³/mol. The van der Waals surface area contributed by atoms with Crippen molar-refractivity contribution in [1.82, 2.24) is 9.36 Å². The summed E-state index contributed by atoms with van der Waals surface area (Å²) in [4.78, 5) is 4.83. The van der Waals surface area contributed by atoms with Crippen molar-refractivity contribution in [2.24, 2.45) is 5.92 Å². The third kappa shape index (κ3) is 4.51. The van der Waals surface area contributed by atoms with Crippen LogP contribution in [0, 0.1) is 12.8 Å². The molecule has 0 bridgehead atoms. The number of aromatic nitrogens is 2. The van der Waals surface area contributed by atoms with Crippen LogP contribution in [-0.4, -0.2) is 24.0 Å². The van der Waals surface area contributed by atoms with E-state index in [2.05, 4.69) is 28.5 Å². The molecule has 0 atom stereocenters. The molecular weight excluding hydrogens is 318 g/mol. The zero-order valence-electron chi connectivity index (χ0n) is 13.3. The van der Waals surface area contributed by atoms with Crippen LogP contribution in [0.15, 0.2) is 23.1 Å². The summed E-state index contributed by atoms with van der Waals surface area (Å²) in [7, 11) is -3.17. The Kier molecular flexibility index (Phi) is 5.18. The van der Waals surface area contributed by atoms with E-state index in [1.54, 1.807) is 6.07 Å². The molecule has 1 N–H and O–H groups in total. The van der Waals surface area contributed by atoms with E-state index in [1.165, 1.54) is 17.8 Å². The third-order valence-corrected chi connectivity index (χ3v) is 5.11. The molecule has 2 aromatic rings. The van der Waals surface area contributed by atoms with Crippen LogP contribution >= 0.6 is 11.5 Å². The second-order valence-corrected chi connectivity index (χ2v) is 8.58. The summed E-state index contributed by atoms with van der Waals surface area (Å²) in [6.07, 6.45) is 2.10. The van der Waals surface area contributed by atoms with Crippen molar-refractivity contribution < 1.29 is 8.42 Å². The maximum atomic E-state index is 11.6. The number of anilines is 1. The molecule has 0 amide bonds. The Morgan fingerprint density at radius 3 is 2.64 bits per heavy atom. The van der Waals surface area contributed by atoms with Crippen molar-refractivity contribution in [2.75, 3.05) is 11.6 Å². The predicted octanol–water partition coefficient (Wildman–Crippen LogP) is 3.06. The van der Waals surface area contributed by atoms with Crippen LogP contribution in [-0.2, 0) is 22.8 Å². The summed E-state index contributed by atoms with van der Waals surface area (Å²) in [6.45, 7) is 6.69. The van der Waals surface area contributed by atoms with Crippen molar-refractivity contribution in [3.8, 4) is 0 Å². The van der Waals surface area contributed by atoms with Crippen LogP contribution in [0.1, 0.15) is 30.8 Å². The summed E-state index contributed by atoms with van der Waals surface area (Å²) in [5.41, 5.74) is 1.78. The maximum absolute atomic E-state index is 11.6. The van der Waals surface area contributed by atoms with Crippen molar-refractivity contribution in [1.29, 1.82) is 0 Å². The lowest BCUT2D eigenvalue weighted by molar-refractivity contribution is 0.601. The monoisotopic (exact) mass is 339 g/mol. The molecule has 120 valence electrons. The number of nitrogens with zero attached hydrogens (tertiary/aromatic N) is 2. The Morgan fingerprint density at radius 2 is 2.05 bits per heavy atom. The van der Waals surface area contributed by atoms with E-state index in [9.17, 15) is 8.42 Å². The molecule has 0 aliphatic heterocycles. The Morgan fingerprint density at radius 1 is 1.32 bits per heavy atom. The summed E-state index contributed by atoms with van der Waals surface area (Å²) in [6, 6.07) is 5.37. The molecule has 0 aliphatic rings. The highest BCUT2D eigenvalue weighted by Gasteiger charge is 2.11. The van der Waals surface area contributed by atoms with E-state index < -0.39 is 9.84 Å². The van der Waals surface area contributed by atoms with Crippen LogP contribution in [0.3, 0.4) is 0 Å². The Labute approximate surface area is 135 Å². The Bertz CT molecular complexity index is 752. The summed E-state index contributed by atoms with van der Waals surface area (Å²) in [5, 5.41) is 4.03. The molecule has 0 aliphatic carbocycles. The van der Waals surface area contributed by atoms with Gasteiger partial charge in [0.15, 0.2) is 9.84 Å². The zero-order chi connectivity index (χ0) is 16.3. The quantitative estimate of drug-likeness (QED) is 0.876. The van der Waals surface area contributed by atoms with Gasteiger partial charge < -0.3 is 5.32 Å². The standard InChI is InChI=1S/C15H21N3O2S2/c1-10(2)7-14-17-15(21-18-14)16-9-12-5-6-13(11(3)8-12)22(4,19)20/h5-6,8,10H,7,9H2,1-4H3,(H,16,17,18). The molecule has 0 spiro atoms. The first kappa shape index (κ1) is 16.9. The maximum Gasteiger partial charge on any atom is 0.202 e. The van der Waals surface area contributed by atoms with E-state index in [-0.39, 0.29) is 0 Å². The van der Waals surface area contributed by atoms with E-state index in [0.29, 0.717) is 17.4 Å². The number of hydrogen-bond acceptors (Lipinski definition) is 6. The number of benzene rings is 1. The fourth-order valence-corrected chi connectivity index (χ4v) is 3.74. The lowest BCUT2D eigenvalue weighted by Gasteiger charge is -2.07. The SMILES string of the molecule is Cc1cc(CNc2nc(CC(C)C)ns2)ccc1S(C)(=O)=O. The fraction of sp³-hybridized carbons (Fsp3) is 0.467. The molecule has 0 saturated heterocycles. The van der Waals surface area contributed by atoms with Gasteiger partial charge in [-0.05, 0) is 30.0 Å². The Hall–Kier alpha value is -1.47. The summed E-state index contributed by atoms with van der Waals surface area (Å²) < 4.78 is 27.5. The van der Waals surface area contributed by atoms with Crippen molar-refractivity contribution in [3.63, 3.8) is 0 Å². The van der Waals surface area contributed by atoms with Crippen molar-refractivity contribution in [2.45, 2.75) is 38.6 Å². The van der Waals surface area contributed by atoms with Crippen molar-refractivity contribution >= 4 is 26.5 Å². The van der Waals surface area contributed by atoms with Crippen LogP contribution < -0.4 is 5.32 Å². The van der Waals surface area contributed by atoms with E-state index in [1.807, 2.05) is 19.1 Å². The van der Waals surface area contributed by atoms with Gasteiger partial charge in [-0.2, -0.15) is 4.37 Å². The molecule has 0 radical (unpaired) electrons. The highest BCUT2D eigenvalue weighted by Crippen LogP contribution is 2.19. The molecule has 1 aromatic carbocycles. The van der Waals surface area contributed by atoms with Crippen LogP contribution in [0.4, 0.5) is 5.13 Å². The third-order valence-electron chi connectivity index (χ3n) is 3.14. The number of aryl methyl sites for hydroxylation is 1. The first-order valence-electron chi connectivity index (χ1n) is 7.11. The summed E-state index contributed by atoms with van der Waals surface area (Å²) in [5.74, 6) is 1.40. The molecule has 0 saturated carbocycles. The fourth-order valence-electron chi connectivity index (χ4n) is 2.19. The van der Waals surface area contributed by atoms with Gasteiger partial charge in [0, 0.05) is 30.8 Å². The van der Waals surface area contributed by atoms with Gasteiger partial charge in [0.2, 0.25) is 5.13 Å². The first-order chi connectivity index (χ1) is 10.3. The molecule has 7 heteroatoms. The van der Waals surface area contributed by atoms with E-state index in [4.69, 9.17) is 0 Å². The van der Waals surface area contributed by atoms with Gasteiger partial charge in [-0.1, -0.05) is 26.0 Å². The van der Waals surface area contributed by atoms with E-state index in [0.717, 1.165) is 28.5 Å². The molecule has 5 nitrogen and oxygen atoms in total. The lowest BCUT2D eigenvalue weighted by Crippen LogP contribution is -2.04. The smallest absolute Gasteiger partial charge is 0.202 e. The van der Waals surface area contributed by atoms with E-state index >= 15 is 0 Å². The summed E-state index contributed by atoms with van der Waals surface area (Å²) >= 11 is 1.35. The highest BCUT2D eigenvalue weighted by molar-refractivity contribution is 7.90. The number of rotatable bonds is 6. The second-order valence-electron chi connectivity index (χ2n) is 5.84. The molecule has 0 fully saturated rings. The topological polar surface area (TPSA) is 72.0 Å². The van der Waals surface area contributed by atoms with Gasteiger partial charge in [0.05, 0.1) is 4.90 Å². The Balaban J connectivity index is 2.03. The molecule has 22 heavy (non-hydrogen) atoms. The van der Waals surface area contributed by atoms with Crippen LogP contribution in [0.25, 0.3) is 0 Å². The van der Waals surface area contributed by atoms with Gasteiger partial charge in [-0.25, -0.2) is 13.4 Å². The van der Waals surface area contributed by atoms with Gasteiger partial charge in [0.1, 0.15) is 5.82 Å². The number of hydrogen-bond donors (Lipinski definition) is 1. The average Bonchev–Trinajstić information content (AvgIpc) is 2.81. The number of nitrogens with one attached hydrogen (secondary N) is 1. The second kappa shape index (κ2) is 6.75. The van der Waals surface area contributed by atoms with Crippen molar-refractivity contribution in [3.05, 3.63) is 35.2 Å². The minimum Gasteiger partial charge on any atom is -0.356 e. The minimum absolute atomic E-state index is 0.381. The molecule has 2 rings (SSSR count). The highest BCUT2D eigenvalue weighted by atomic mass is 32.2. The molecule has 0 unspecified atom stereocenters. The molecule has 1 heterocycles. The van der Waals surface area contributed by atoms with Gasteiger partial charge in [-0.15, -0.1) is 0 Å². The van der Waals surface area contributed by atoms with Gasteiger partial charge in [-0.3, -0.25) is 0 Å².